The van der Waals surface area contributed by atoms with Crippen LogP contribution in [0.15, 0.2) is 71.6 Å². The number of imidazole rings is 1. The van der Waals surface area contributed by atoms with Crippen molar-refractivity contribution in [2.75, 3.05) is 6.26 Å². The average Bonchev–Trinajstić information content (AvgIpc) is 3.02. The van der Waals surface area contributed by atoms with E-state index in [1.165, 1.54) is 30.3 Å². The van der Waals surface area contributed by atoms with Crippen molar-refractivity contribution in [3.63, 3.8) is 0 Å². The molecule has 160 valence electrons. The number of ether oxygens (including phenoxy) is 1. The Morgan fingerprint density at radius 2 is 1.61 bits per heavy atom. The van der Waals surface area contributed by atoms with E-state index in [0.29, 0.717) is 28.5 Å². The maximum absolute atomic E-state index is 13.4. The van der Waals surface area contributed by atoms with Crippen molar-refractivity contribution >= 4 is 20.9 Å². The number of aromatic nitrogens is 2. The van der Waals surface area contributed by atoms with Gasteiger partial charge in [-0.2, -0.15) is 13.2 Å². The number of nitrogens with zero attached hydrogens (tertiary/aromatic N) is 2. The van der Waals surface area contributed by atoms with Gasteiger partial charge in [-0.15, -0.1) is 0 Å². The van der Waals surface area contributed by atoms with Gasteiger partial charge in [-0.1, -0.05) is 12.1 Å². The van der Waals surface area contributed by atoms with Gasteiger partial charge in [0, 0.05) is 12.3 Å². The first kappa shape index (κ1) is 20.9. The lowest BCUT2D eigenvalue weighted by Gasteiger charge is -2.11. The first-order valence-electron chi connectivity index (χ1n) is 9.18. The fourth-order valence-electron chi connectivity index (χ4n) is 3.35. The Hall–Kier alpha value is -3.33. The summed E-state index contributed by atoms with van der Waals surface area (Å²) < 4.78 is 70.7. The van der Waals surface area contributed by atoms with E-state index < -0.39 is 21.6 Å². The maximum Gasteiger partial charge on any atom is 0.418 e. The molecule has 0 spiro atoms. The minimum absolute atomic E-state index is 0.116. The highest BCUT2D eigenvalue weighted by Crippen LogP contribution is 2.36. The molecule has 0 N–H and O–H groups in total. The molecule has 0 saturated heterocycles. The third kappa shape index (κ3) is 4.13. The smallest absolute Gasteiger partial charge is 0.418 e. The Morgan fingerprint density at radius 1 is 0.935 bits per heavy atom. The Labute approximate surface area is 176 Å². The Morgan fingerprint density at radius 3 is 2.26 bits per heavy atom. The SMILES string of the molecule is Cc1nc2c(C(F)(F)F)cccc2n1-c1cccc(Oc2ccc(S(C)(=O)=O)cc2)c1. The summed E-state index contributed by atoms with van der Waals surface area (Å²) in [5.41, 5.74) is 0.0203. The van der Waals surface area contributed by atoms with Gasteiger partial charge in [-0.25, -0.2) is 13.4 Å². The number of fused-ring (bicyclic) bond motifs is 1. The lowest BCUT2D eigenvalue weighted by Crippen LogP contribution is -2.05. The second-order valence-electron chi connectivity index (χ2n) is 7.01. The predicted octanol–water partition coefficient (Wildman–Crippen LogP) is 5.55. The molecular weight excluding hydrogens is 429 g/mol. The van der Waals surface area contributed by atoms with Crippen LogP contribution in [0.2, 0.25) is 0 Å². The molecule has 0 aliphatic heterocycles. The fraction of sp³-hybridized carbons (Fsp3) is 0.136. The van der Waals surface area contributed by atoms with E-state index in [0.717, 1.165) is 12.3 Å². The number of sulfone groups is 1. The van der Waals surface area contributed by atoms with Crippen LogP contribution in [0.1, 0.15) is 11.4 Å². The molecule has 4 aromatic rings. The lowest BCUT2D eigenvalue weighted by molar-refractivity contribution is -0.136. The van der Waals surface area contributed by atoms with Gasteiger partial charge < -0.3 is 4.74 Å². The minimum atomic E-state index is -4.51. The molecule has 0 aliphatic carbocycles. The van der Waals surface area contributed by atoms with Crippen LogP contribution in [0.5, 0.6) is 11.5 Å². The number of halogens is 3. The number of alkyl halides is 3. The van der Waals surface area contributed by atoms with Gasteiger partial charge in [0.25, 0.3) is 0 Å². The number of para-hydroxylation sites is 1. The van der Waals surface area contributed by atoms with E-state index >= 15 is 0 Å². The van der Waals surface area contributed by atoms with Gasteiger partial charge in [-0.3, -0.25) is 4.57 Å². The molecule has 0 radical (unpaired) electrons. The van der Waals surface area contributed by atoms with E-state index in [-0.39, 0.29) is 10.4 Å². The monoisotopic (exact) mass is 446 g/mol. The van der Waals surface area contributed by atoms with Crippen LogP contribution < -0.4 is 4.74 Å². The summed E-state index contributed by atoms with van der Waals surface area (Å²) >= 11 is 0. The summed E-state index contributed by atoms with van der Waals surface area (Å²) in [7, 11) is -3.31. The van der Waals surface area contributed by atoms with Crippen molar-refractivity contribution in [3.8, 4) is 17.2 Å². The predicted molar refractivity (Wildman–Crippen MR) is 110 cm³/mol. The van der Waals surface area contributed by atoms with Gasteiger partial charge in [0.1, 0.15) is 22.8 Å². The largest absolute Gasteiger partial charge is 0.457 e. The quantitative estimate of drug-likeness (QED) is 0.413. The van der Waals surface area contributed by atoms with Crippen molar-refractivity contribution in [1.29, 1.82) is 0 Å². The Kier molecular flexibility index (Phi) is 5.01. The molecule has 31 heavy (non-hydrogen) atoms. The van der Waals surface area contributed by atoms with E-state index in [4.69, 9.17) is 4.74 Å². The first-order chi connectivity index (χ1) is 14.5. The van der Waals surface area contributed by atoms with Crippen molar-refractivity contribution in [2.45, 2.75) is 18.0 Å². The number of hydrogen-bond donors (Lipinski definition) is 0. The summed E-state index contributed by atoms with van der Waals surface area (Å²) in [4.78, 5) is 4.32. The van der Waals surface area contributed by atoms with Crippen LogP contribution in [0.3, 0.4) is 0 Å². The molecule has 1 aromatic heterocycles. The second-order valence-corrected chi connectivity index (χ2v) is 9.02. The highest BCUT2D eigenvalue weighted by Gasteiger charge is 2.34. The number of aryl methyl sites for hydroxylation is 1. The molecule has 1 heterocycles. The van der Waals surface area contributed by atoms with Crippen LogP contribution in [0.4, 0.5) is 13.2 Å². The second kappa shape index (κ2) is 7.42. The number of hydrogen-bond acceptors (Lipinski definition) is 4. The Bertz CT molecular complexity index is 1380. The van der Waals surface area contributed by atoms with E-state index in [9.17, 15) is 21.6 Å². The molecule has 0 unspecified atom stereocenters. The van der Waals surface area contributed by atoms with Gasteiger partial charge in [0.05, 0.1) is 21.7 Å². The molecule has 4 rings (SSSR count). The van der Waals surface area contributed by atoms with Crippen LogP contribution in [0.25, 0.3) is 16.7 Å². The zero-order valence-electron chi connectivity index (χ0n) is 16.5. The van der Waals surface area contributed by atoms with Gasteiger partial charge in [0.15, 0.2) is 9.84 Å². The Balaban J connectivity index is 1.72. The van der Waals surface area contributed by atoms with E-state index in [1.54, 1.807) is 41.8 Å². The number of benzene rings is 3. The molecule has 0 aliphatic rings. The third-order valence-electron chi connectivity index (χ3n) is 4.72. The molecule has 0 fully saturated rings. The molecule has 3 aromatic carbocycles. The summed E-state index contributed by atoms with van der Waals surface area (Å²) in [6, 6.07) is 16.8. The normalized spacial score (nSPS) is 12.3. The van der Waals surface area contributed by atoms with Crippen LogP contribution in [-0.2, 0) is 16.0 Å². The zero-order valence-corrected chi connectivity index (χ0v) is 17.3. The van der Waals surface area contributed by atoms with E-state index in [1.807, 2.05) is 0 Å². The van der Waals surface area contributed by atoms with Crippen LogP contribution in [-0.4, -0.2) is 24.2 Å². The van der Waals surface area contributed by atoms with Gasteiger partial charge >= 0.3 is 6.18 Å². The van der Waals surface area contributed by atoms with Crippen LogP contribution in [0, 0.1) is 6.92 Å². The molecule has 0 atom stereocenters. The molecular formula is C22H17F3N2O3S. The van der Waals surface area contributed by atoms with E-state index in [2.05, 4.69) is 4.98 Å². The zero-order chi connectivity index (χ0) is 22.4. The van der Waals surface area contributed by atoms with Crippen LogP contribution >= 0.6 is 0 Å². The fourth-order valence-corrected chi connectivity index (χ4v) is 3.98. The summed E-state index contributed by atoms with van der Waals surface area (Å²) in [5, 5.41) is 0. The summed E-state index contributed by atoms with van der Waals surface area (Å²) in [6.45, 7) is 1.64. The standard InChI is InChI=1S/C22H17F3N2O3S/c1-14-26-21-19(22(23,24)25)7-4-8-20(21)27(14)15-5-3-6-17(13-15)30-16-9-11-18(12-10-16)31(2,28)29/h3-13H,1-2H3. The van der Waals surface area contributed by atoms with Gasteiger partial charge in [0.2, 0.25) is 0 Å². The van der Waals surface area contributed by atoms with Crippen molar-refractivity contribution in [2.24, 2.45) is 0 Å². The van der Waals surface area contributed by atoms with Gasteiger partial charge in [-0.05, 0) is 55.5 Å². The van der Waals surface area contributed by atoms with Crippen molar-refractivity contribution in [3.05, 3.63) is 78.1 Å². The third-order valence-corrected chi connectivity index (χ3v) is 5.85. The van der Waals surface area contributed by atoms with Crippen molar-refractivity contribution < 1.29 is 26.3 Å². The minimum Gasteiger partial charge on any atom is -0.457 e. The molecule has 0 saturated carbocycles. The highest BCUT2D eigenvalue weighted by molar-refractivity contribution is 7.90. The maximum atomic E-state index is 13.4. The topological polar surface area (TPSA) is 61.2 Å². The molecule has 0 amide bonds. The first-order valence-corrected chi connectivity index (χ1v) is 11.1. The molecule has 5 nitrogen and oxygen atoms in total. The lowest BCUT2D eigenvalue weighted by atomic mass is 10.1. The molecule has 9 heteroatoms. The average molecular weight is 446 g/mol. The summed E-state index contributed by atoms with van der Waals surface area (Å²) in [6.07, 6.45) is -3.39. The summed E-state index contributed by atoms with van der Waals surface area (Å²) in [5.74, 6) is 1.27. The number of rotatable bonds is 4. The molecule has 0 bridgehead atoms. The van der Waals surface area contributed by atoms with Crippen molar-refractivity contribution in [1.82, 2.24) is 9.55 Å². The highest BCUT2D eigenvalue weighted by atomic mass is 32.2.